The van der Waals surface area contributed by atoms with Crippen LogP contribution in [0.2, 0.25) is 0 Å². The fourth-order valence-electron chi connectivity index (χ4n) is 0.361. The molecule has 0 fully saturated rings. The Kier molecular flexibility index (Phi) is 19.9. The minimum atomic E-state index is 0. The molecule has 2 rings (SSSR count). The Morgan fingerprint density at radius 2 is 0.769 bits per heavy atom. The van der Waals surface area contributed by atoms with E-state index < -0.39 is 0 Å². The van der Waals surface area contributed by atoms with Gasteiger partial charge in [-0.25, -0.2) is 0 Å². The van der Waals surface area contributed by atoms with Crippen molar-refractivity contribution >= 4 is 0 Å². The molecule has 0 saturated carbocycles. The first kappa shape index (κ1) is 18.4. The molecule has 13 heavy (non-hydrogen) atoms. The first-order chi connectivity index (χ1) is 5.00. The molecule has 1 heteroatoms. The fraction of sp³-hybridized carbons (Fsp3) is 0. The third-order valence-electron chi connectivity index (χ3n) is 0.702. The quantitative estimate of drug-likeness (QED) is 0.513. The van der Waals surface area contributed by atoms with Crippen molar-refractivity contribution in [2.45, 2.75) is 0 Å². The van der Waals surface area contributed by atoms with E-state index in [1.54, 1.807) is 12.1 Å². The maximum Gasteiger partial charge on any atom is 4.00 e. The SMILES string of the molecule is [CH3-].[CH3-].[Hf+4].[c-]1[c-][c-][cH-][c-]1.[c-]1[c-][c-][cH-][c-]1. The molecule has 2 aromatic rings. The van der Waals surface area contributed by atoms with E-state index >= 15 is 0 Å². The molecule has 0 aliphatic heterocycles. The van der Waals surface area contributed by atoms with Crippen LogP contribution < -0.4 is 0 Å². The van der Waals surface area contributed by atoms with Crippen molar-refractivity contribution in [1.82, 2.24) is 0 Å². The second-order valence-electron chi connectivity index (χ2n) is 1.37. The van der Waals surface area contributed by atoms with Gasteiger partial charge in [-0.3, -0.25) is 0 Å². The number of hydrogen-bond donors (Lipinski definition) is 0. The number of rotatable bonds is 0. The summed E-state index contributed by atoms with van der Waals surface area (Å²) in [5.74, 6) is 0. The van der Waals surface area contributed by atoms with E-state index in [0.717, 1.165) is 0 Å². The van der Waals surface area contributed by atoms with Gasteiger partial charge in [0.1, 0.15) is 0 Å². The second kappa shape index (κ2) is 14.1. The maximum absolute atomic E-state index is 2.62. The van der Waals surface area contributed by atoms with Gasteiger partial charge in [-0.1, -0.05) is 0 Å². The van der Waals surface area contributed by atoms with Gasteiger partial charge in [0.2, 0.25) is 0 Å². The Hall–Kier alpha value is -0.430. The minimum absolute atomic E-state index is 0. The van der Waals surface area contributed by atoms with E-state index in [-0.39, 0.29) is 40.7 Å². The molecule has 0 saturated heterocycles. The smallest absolute Gasteiger partial charge is 0.999 e. The van der Waals surface area contributed by atoms with Crippen LogP contribution in [0.25, 0.3) is 0 Å². The van der Waals surface area contributed by atoms with E-state index in [1.807, 2.05) is 0 Å². The van der Waals surface area contributed by atoms with E-state index in [0.29, 0.717) is 0 Å². The molecular formula is C12H8Hf-8. The summed E-state index contributed by atoms with van der Waals surface area (Å²) in [5.41, 5.74) is 0. The maximum atomic E-state index is 2.62. The monoisotopic (exact) mass is 332 g/mol. The third kappa shape index (κ3) is 11.6. The molecular weight excluding hydrogens is 323 g/mol. The third-order valence-corrected chi connectivity index (χ3v) is 0.702. The van der Waals surface area contributed by atoms with E-state index in [1.165, 1.54) is 0 Å². The summed E-state index contributed by atoms with van der Waals surface area (Å²) in [6.07, 6.45) is 0. The minimum Gasteiger partial charge on any atom is -0.999 e. The van der Waals surface area contributed by atoms with E-state index in [2.05, 4.69) is 48.5 Å². The average Bonchev–Trinajstić information content (AvgIpc) is 2.67. The van der Waals surface area contributed by atoms with Crippen molar-refractivity contribution in [3.8, 4) is 0 Å². The van der Waals surface area contributed by atoms with Crippen molar-refractivity contribution < 1.29 is 25.8 Å². The van der Waals surface area contributed by atoms with Gasteiger partial charge in [-0.2, -0.15) is 0 Å². The van der Waals surface area contributed by atoms with Gasteiger partial charge in [0, 0.05) is 0 Å². The molecule has 0 aromatic heterocycles. The number of hydrogen-bond acceptors (Lipinski definition) is 0. The summed E-state index contributed by atoms with van der Waals surface area (Å²) in [6.45, 7) is 0. The van der Waals surface area contributed by atoms with Crippen molar-refractivity contribution in [3.63, 3.8) is 0 Å². The Morgan fingerprint density at radius 1 is 0.538 bits per heavy atom. The predicted octanol–water partition coefficient (Wildman–Crippen LogP) is 2.11. The molecule has 0 aliphatic rings. The van der Waals surface area contributed by atoms with Gasteiger partial charge in [-0.05, 0) is 0 Å². The van der Waals surface area contributed by atoms with E-state index in [9.17, 15) is 0 Å². The normalized spacial score (nSPS) is 6.15. The predicted molar refractivity (Wildman–Crippen MR) is 47.6 cm³/mol. The van der Waals surface area contributed by atoms with Crippen LogP contribution in [0, 0.1) is 63.4 Å². The van der Waals surface area contributed by atoms with Gasteiger partial charge < -0.3 is 75.5 Å². The Labute approximate surface area is 101 Å². The second-order valence-corrected chi connectivity index (χ2v) is 1.37. The zero-order valence-electron chi connectivity index (χ0n) is 7.65. The van der Waals surface area contributed by atoms with Crippen molar-refractivity contribution in [3.05, 3.63) is 75.5 Å². The van der Waals surface area contributed by atoms with Crippen molar-refractivity contribution in [1.29, 1.82) is 0 Å². The largest absolute Gasteiger partial charge is 4.00 e. The zero-order valence-corrected chi connectivity index (χ0v) is 11.2. The summed E-state index contributed by atoms with van der Waals surface area (Å²) in [7, 11) is 0. The fourth-order valence-corrected chi connectivity index (χ4v) is 0.361. The first-order valence-electron chi connectivity index (χ1n) is 2.65. The summed E-state index contributed by atoms with van der Waals surface area (Å²) >= 11 is 0. The van der Waals surface area contributed by atoms with Crippen LogP contribution in [0.4, 0.5) is 0 Å². The molecule has 0 heterocycles. The van der Waals surface area contributed by atoms with Crippen LogP contribution in [0.15, 0.2) is 12.1 Å². The molecule has 0 N–H and O–H groups in total. The molecule has 0 bridgehead atoms. The molecule has 0 nitrogen and oxygen atoms in total. The van der Waals surface area contributed by atoms with Crippen LogP contribution in [-0.2, 0) is 25.8 Å². The Morgan fingerprint density at radius 3 is 0.846 bits per heavy atom. The molecule has 0 atom stereocenters. The topological polar surface area (TPSA) is 0 Å². The first-order valence-corrected chi connectivity index (χ1v) is 2.65. The molecule has 0 radical (unpaired) electrons. The Bertz CT molecular complexity index is 144. The van der Waals surface area contributed by atoms with Crippen molar-refractivity contribution in [2.24, 2.45) is 0 Å². The molecule has 0 aliphatic carbocycles. The zero-order chi connectivity index (χ0) is 7.07. The summed E-state index contributed by atoms with van der Waals surface area (Å²) in [6, 6.07) is 24.0. The summed E-state index contributed by atoms with van der Waals surface area (Å²) in [4.78, 5) is 0. The molecule has 0 spiro atoms. The molecule has 68 valence electrons. The van der Waals surface area contributed by atoms with Gasteiger partial charge in [0.25, 0.3) is 0 Å². The van der Waals surface area contributed by atoms with Crippen LogP contribution in [0.5, 0.6) is 0 Å². The molecule has 2 aromatic carbocycles. The summed E-state index contributed by atoms with van der Waals surface area (Å²) in [5, 5.41) is 0. The van der Waals surface area contributed by atoms with Gasteiger partial charge in [-0.15, -0.1) is 0 Å². The Balaban J connectivity index is -0.000000125. The van der Waals surface area contributed by atoms with Crippen LogP contribution in [-0.4, -0.2) is 0 Å². The van der Waals surface area contributed by atoms with Gasteiger partial charge in [0.15, 0.2) is 0 Å². The van der Waals surface area contributed by atoms with E-state index in [4.69, 9.17) is 0 Å². The van der Waals surface area contributed by atoms with Crippen LogP contribution in [0.3, 0.4) is 0 Å². The standard InChI is InChI=1S/2C5H.2CH3.Hf/c2*1-2-4-5-3-1;;;/h2*1H;2*1H3;/q2*-5;2*-1;+4. The average molecular weight is 331 g/mol. The van der Waals surface area contributed by atoms with Crippen LogP contribution >= 0.6 is 0 Å². The van der Waals surface area contributed by atoms with Crippen LogP contribution in [0.1, 0.15) is 0 Å². The molecule has 0 amide bonds. The van der Waals surface area contributed by atoms with Crippen molar-refractivity contribution in [2.75, 3.05) is 0 Å². The summed E-state index contributed by atoms with van der Waals surface area (Å²) < 4.78 is 0. The molecule has 0 unspecified atom stereocenters. The van der Waals surface area contributed by atoms with Gasteiger partial charge in [0.05, 0.1) is 0 Å². The van der Waals surface area contributed by atoms with Gasteiger partial charge >= 0.3 is 25.8 Å².